The normalized spacial score (nSPS) is 17.7. The Bertz CT molecular complexity index is 433. The molecule has 5 nitrogen and oxygen atoms in total. The molecule has 0 aliphatic carbocycles. The van der Waals surface area contributed by atoms with Gasteiger partial charge in [0, 0.05) is 26.2 Å². The number of likely N-dealkylation sites (N-methyl/N-ethyl adjacent to an activating group) is 1. The van der Waals surface area contributed by atoms with Crippen LogP contribution in [-0.2, 0) is 16.1 Å². The first kappa shape index (κ1) is 17.8. The number of hydrogen-bond donors (Lipinski definition) is 1. The van der Waals surface area contributed by atoms with Crippen molar-refractivity contribution in [2.75, 3.05) is 33.4 Å². The maximum Gasteiger partial charge on any atom is 0.253 e. The minimum Gasteiger partial charge on any atom is -0.497 e. The van der Waals surface area contributed by atoms with Crippen molar-refractivity contribution < 1.29 is 14.3 Å². The number of carbonyl (C=O) groups excluding carboxylic acids is 1. The van der Waals surface area contributed by atoms with Crippen molar-refractivity contribution in [3.05, 3.63) is 29.8 Å². The number of halogens is 1. The molecule has 0 bridgehead atoms. The number of ether oxygens (including phenoxy) is 2. The Morgan fingerprint density at radius 1 is 1.43 bits per heavy atom. The van der Waals surface area contributed by atoms with Crippen LogP contribution in [0.1, 0.15) is 12.5 Å². The molecule has 0 spiro atoms. The van der Waals surface area contributed by atoms with E-state index in [1.165, 1.54) is 0 Å². The van der Waals surface area contributed by atoms with E-state index in [0.717, 1.165) is 17.9 Å². The summed E-state index contributed by atoms with van der Waals surface area (Å²) in [5.41, 5.74) is 1.09. The topological polar surface area (TPSA) is 50.8 Å². The summed E-state index contributed by atoms with van der Waals surface area (Å²) < 4.78 is 10.7. The molecule has 6 heteroatoms. The van der Waals surface area contributed by atoms with Crippen LogP contribution in [0.5, 0.6) is 5.75 Å². The fraction of sp³-hybridized carbons (Fsp3) is 0.533. The number of nitrogens with one attached hydrogen (secondary N) is 1. The summed E-state index contributed by atoms with van der Waals surface area (Å²) >= 11 is 0. The summed E-state index contributed by atoms with van der Waals surface area (Å²) in [6, 6.07) is 7.78. The quantitative estimate of drug-likeness (QED) is 0.894. The van der Waals surface area contributed by atoms with E-state index < -0.39 is 0 Å². The smallest absolute Gasteiger partial charge is 0.253 e. The zero-order valence-corrected chi connectivity index (χ0v) is 13.3. The second kappa shape index (κ2) is 8.87. The van der Waals surface area contributed by atoms with Crippen molar-refractivity contribution in [3.63, 3.8) is 0 Å². The number of rotatable bonds is 5. The van der Waals surface area contributed by atoms with Gasteiger partial charge in [0.15, 0.2) is 0 Å². The van der Waals surface area contributed by atoms with Gasteiger partial charge in [-0.3, -0.25) is 4.79 Å². The molecule has 1 fully saturated rings. The van der Waals surface area contributed by atoms with E-state index >= 15 is 0 Å². The van der Waals surface area contributed by atoms with E-state index in [-0.39, 0.29) is 24.4 Å². The predicted octanol–water partition coefficient (Wildman–Crippen LogP) is 1.45. The average molecular weight is 315 g/mol. The van der Waals surface area contributed by atoms with Crippen molar-refractivity contribution >= 4 is 18.3 Å². The van der Waals surface area contributed by atoms with Gasteiger partial charge in [0.25, 0.3) is 5.91 Å². The molecule has 1 atom stereocenters. The molecule has 1 N–H and O–H groups in total. The third-order valence-corrected chi connectivity index (χ3v) is 3.43. The van der Waals surface area contributed by atoms with Crippen LogP contribution in [-0.4, -0.2) is 50.3 Å². The van der Waals surface area contributed by atoms with Crippen LogP contribution in [0.15, 0.2) is 24.3 Å². The first-order chi connectivity index (χ1) is 9.74. The van der Waals surface area contributed by atoms with Gasteiger partial charge in [-0.2, -0.15) is 0 Å². The van der Waals surface area contributed by atoms with Gasteiger partial charge >= 0.3 is 0 Å². The first-order valence-corrected chi connectivity index (χ1v) is 6.98. The fourth-order valence-corrected chi connectivity index (χ4v) is 2.22. The molecule has 0 saturated carbocycles. The summed E-state index contributed by atoms with van der Waals surface area (Å²) in [4.78, 5) is 14.2. The summed E-state index contributed by atoms with van der Waals surface area (Å²) in [5.74, 6) is 0.874. The monoisotopic (exact) mass is 314 g/mol. The van der Waals surface area contributed by atoms with E-state index in [2.05, 4.69) is 5.32 Å². The number of amides is 1. The Morgan fingerprint density at radius 3 is 2.67 bits per heavy atom. The lowest BCUT2D eigenvalue weighted by atomic mass is 10.2. The van der Waals surface area contributed by atoms with Crippen molar-refractivity contribution in [1.29, 1.82) is 0 Å². The fourth-order valence-electron chi connectivity index (χ4n) is 2.22. The first-order valence-electron chi connectivity index (χ1n) is 6.98. The molecular weight excluding hydrogens is 292 g/mol. The van der Waals surface area contributed by atoms with Gasteiger partial charge in [0.2, 0.25) is 0 Å². The van der Waals surface area contributed by atoms with Crippen LogP contribution in [0.3, 0.4) is 0 Å². The molecule has 1 amide bonds. The molecule has 1 heterocycles. The van der Waals surface area contributed by atoms with Gasteiger partial charge < -0.3 is 19.7 Å². The summed E-state index contributed by atoms with van der Waals surface area (Å²) in [6.07, 6.45) is -0.359. The highest BCUT2D eigenvalue weighted by atomic mass is 35.5. The highest BCUT2D eigenvalue weighted by molar-refractivity contribution is 5.85. The maximum absolute atomic E-state index is 12.4. The van der Waals surface area contributed by atoms with Crippen LogP contribution in [0.25, 0.3) is 0 Å². The third-order valence-electron chi connectivity index (χ3n) is 3.43. The number of hydrogen-bond acceptors (Lipinski definition) is 4. The maximum atomic E-state index is 12.4. The standard InChI is InChI=1S/C15H22N2O3.ClH/c1-3-17(15(18)14-10-16-8-9-20-14)11-12-4-6-13(19-2)7-5-12;/h4-7,14,16H,3,8-11H2,1-2H3;1H. The van der Waals surface area contributed by atoms with Crippen LogP contribution in [0.4, 0.5) is 0 Å². The second-order valence-corrected chi connectivity index (χ2v) is 4.76. The van der Waals surface area contributed by atoms with Crippen molar-refractivity contribution in [1.82, 2.24) is 10.2 Å². The number of benzene rings is 1. The SMILES string of the molecule is CCN(Cc1ccc(OC)cc1)C(=O)C1CNCCO1.Cl. The molecular formula is C15H23ClN2O3. The zero-order valence-electron chi connectivity index (χ0n) is 12.5. The van der Waals surface area contributed by atoms with Crippen LogP contribution >= 0.6 is 12.4 Å². The van der Waals surface area contributed by atoms with E-state index in [1.807, 2.05) is 36.1 Å². The Hall–Kier alpha value is -1.30. The Labute approximate surface area is 132 Å². The summed E-state index contributed by atoms with van der Waals surface area (Å²) in [6.45, 7) is 5.25. The summed E-state index contributed by atoms with van der Waals surface area (Å²) in [5, 5.41) is 3.18. The number of methoxy groups -OCH3 is 1. The molecule has 1 aromatic carbocycles. The lowest BCUT2D eigenvalue weighted by molar-refractivity contribution is -0.145. The largest absolute Gasteiger partial charge is 0.497 e. The van der Waals surface area contributed by atoms with E-state index in [0.29, 0.717) is 26.2 Å². The van der Waals surface area contributed by atoms with Crippen LogP contribution in [0, 0.1) is 0 Å². The van der Waals surface area contributed by atoms with Crippen LogP contribution in [0.2, 0.25) is 0 Å². The zero-order chi connectivity index (χ0) is 14.4. The minimum atomic E-state index is -0.359. The number of morpholine rings is 1. The Balaban J connectivity index is 0.00000220. The third kappa shape index (κ3) is 4.88. The molecule has 21 heavy (non-hydrogen) atoms. The number of nitrogens with zero attached hydrogens (tertiary/aromatic N) is 1. The van der Waals surface area contributed by atoms with Gasteiger partial charge in [-0.05, 0) is 24.6 Å². The molecule has 1 aromatic rings. The Kier molecular flexibility index (Phi) is 7.50. The molecule has 1 saturated heterocycles. The highest BCUT2D eigenvalue weighted by Gasteiger charge is 2.26. The van der Waals surface area contributed by atoms with Gasteiger partial charge in [-0.15, -0.1) is 12.4 Å². The van der Waals surface area contributed by atoms with Gasteiger partial charge in [0.05, 0.1) is 13.7 Å². The van der Waals surface area contributed by atoms with E-state index in [9.17, 15) is 4.79 Å². The van der Waals surface area contributed by atoms with Gasteiger partial charge in [-0.1, -0.05) is 12.1 Å². The van der Waals surface area contributed by atoms with Crippen molar-refractivity contribution in [3.8, 4) is 5.75 Å². The molecule has 0 radical (unpaired) electrons. The molecule has 118 valence electrons. The Morgan fingerprint density at radius 2 is 2.14 bits per heavy atom. The lowest BCUT2D eigenvalue weighted by Gasteiger charge is -2.29. The molecule has 2 rings (SSSR count). The molecule has 1 unspecified atom stereocenters. The molecule has 1 aliphatic heterocycles. The molecule has 0 aromatic heterocycles. The highest BCUT2D eigenvalue weighted by Crippen LogP contribution is 2.14. The van der Waals surface area contributed by atoms with E-state index in [4.69, 9.17) is 9.47 Å². The second-order valence-electron chi connectivity index (χ2n) is 4.76. The summed E-state index contributed by atoms with van der Waals surface area (Å²) in [7, 11) is 1.64. The van der Waals surface area contributed by atoms with Crippen LogP contribution < -0.4 is 10.1 Å². The number of carbonyl (C=O) groups is 1. The van der Waals surface area contributed by atoms with Crippen molar-refractivity contribution in [2.24, 2.45) is 0 Å². The van der Waals surface area contributed by atoms with Gasteiger partial charge in [0.1, 0.15) is 11.9 Å². The molecule has 1 aliphatic rings. The average Bonchev–Trinajstić information content (AvgIpc) is 2.53. The lowest BCUT2D eigenvalue weighted by Crippen LogP contribution is -2.49. The van der Waals surface area contributed by atoms with E-state index in [1.54, 1.807) is 7.11 Å². The van der Waals surface area contributed by atoms with Gasteiger partial charge in [-0.25, -0.2) is 0 Å². The minimum absolute atomic E-state index is 0. The van der Waals surface area contributed by atoms with Crippen molar-refractivity contribution in [2.45, 2.75) is 19.6 Å². The predicted molar refractivity (Wildman–Crippen MR) is 83.9 cm³/mol.